The van der Waals surface area contributed by atoms with E-state index in [-0.39, 0.29) is 12.0 Å². The Labute approximate surface area is 122 Å². The van der Waals surface area contributed by atoms with Crippen molar-refractivity contribution in [2.75, 3.05) is 6.61 Å². The van der Waals surface area contributed by atoms with E-state index in [0.29, 0.717) is 28.9 Å². The molecular weight excluding hydrogens is 272 g/mol. The van der Waals surface area contributed by atoms with Crippen molar-refractivity contribution in [2.45, 2.75) is 33.6 Å². The normalized spacial score (nSPS) is 10.8. The maximum absolute atomic E-state index is 12.0. The predicted octanol–water partition coefficient (Wildman–Crippen LogP) is 2.83. The summed E-state index contributed by atoms with van der Waals surface area (Å²) in [6, 6.07) is 3.63. The summed E-state index contributed by atoms with van der Waals surface area (Å²) in [5.41, 5.74) is 1.52. The summed E-state index contributed by atoms with van der Waals surface area (Å²) in [6.45, 7) is 6.16. The minimum absolute atomic E-state index is 0.167. The lowest BCUT2D eigenvalue weighted by Crippen LogP contribution is -2.15. The van der Waals surface area contributed by atoms with Crippen LogP contribution in [0.1, 0.15) is 30.0 Å². The summed E-state index contributed by atoms with van der Waals surface area (Å²) < 4.78 is 11.0. The van der Waals surface area contributed by atoms with E-state index in [1.54, 1.807) is 13.0 Å². The van der Waals surface area contributed by atoms with Crippen LogP contribution >= 0.6 is 0 Å². The summed E-state index contributed by atoms with van der Waals surface area (Å²) in [7, 11) is 0. The second-order valence-electron chi connectivity index (χ2n) is 5.05. The molecule has 112 valence electrons. The Balaban J connectivity index is 2.73. The van der Waals surface area contributed by atoms with Crippen molar-refractivity contribution in [1.29, 1.82) is 0 Å². The van der Waals surface area contributed by atoms with E-state index in [0.717, 1.165) is 12.0 Å². The van der Waals surface area contributed by atoms with Crippen LogP contribution in [0, 0.1) is 13.8 Å². The zero-order valence-corrected chi connectivity index (χ0v) is 12.4. The molecule has 0 saturated heterocycles. The number of benzene rings is 1. The van der Waals surface area contributed by atoms with Gasteiger partial charge in [-0.25, -0.2) is 4.79 Å². The first-order valence-electron chi connectivity index (χ1n) is 6.85. The lowest BCUT2D eigenvalue weighted by Gasteiger charge is -2.13. The molecule has 0 aliphatic rings. The molecule has 0 radical (unpaired) electrons. The standard InChI is InChI=1S/C16H18O5/c1-4-5-20-12-6-9(2)7-13-15(12)10(3)11(8-14(17)18)16(19)21-13/h6-7H,4-5,8H2,1-3H3,(H,17,18). The molecule has 0 aliphatic heterocycles. The molecule has 21 heavy (non-hydrogen) atoms. The van der Waals surface area contributed by atoms with Gasteiger partial charge in [0.05, 0.1) is 24.0 Å². The molecular formula is C16H18O5. The third kappa shape index (κ3) is 3.07. The Morgan fingerprint density at radius 2 is 2.05 bits per heavy atom. The predicted molar refractivity (Wildman–Crippen MR) is 79.1 cm³/mol. The Kier molecular flexibility index (Phi) is 4.31. The van der Waals surface area contributed by atoms with E-state index in [2.05, 4.69) is 0 Å². The molecule has 0 unspecified atom stereocenters. The summed E-state index contributed by atoms with van der Waals surface area (Å²) in [5.74, 6) is -0.437. The van der Waals surface area contributed by atoms with Gasteiger partial charge >= 0.3 is 11.6 Å². The minimum atomic E-state index is -1.06. The molecule has 0 amide bonds. The lowest BCUT2D eigenvalue weighted by atomic mass is 10.0. The SMILES string of the molecule is CCCOc1cc(C)cc2oc(=O)c(CC(=O)O)c(C)c12. The molecule has 1 heterocycles. The molecule has 1 aromatic heterocycles. The van der Waals surface area contributed by atoms with Crippen LogP contribution in [0.25, 0.3) is 11.0 Å². The van der Waals surface area contributed by atoms with Crippen molar-refractivity contribution >= 4 is 16.9 Å². The molecule has 0 aliphatic carbocycles. The first-order valence-corrected chi connectivity index (χ1v) is 6.85. The van der Waals surface area contributed by atoms with Crippen LogP contribution < -0.4 is 10.4 Å². The van der Waals surface area contributed by atoms with E-state index in [9.17, 15) is 9.59 Å². The van der Waals surface area contributed by atoms with Crippen molar-refractivity contribution in [3.05, 3.63) is 39.2 Å². The van der Waals surface area contributed by atoms with Gasteiger partial charge in [0.1, 0.15) is 11.3 Å². The average molecular weight is 290 g/mol. The highest BCUT2D eigenvalue weighted by Crippen LogP contribution is 2.31. The first kappa shape index (κ1) is 15.1. The largest absolute Gasteiger partial charge is 0.493 e. The van der Waals surface area contributed by atoms with Crippen molar-refractivity contribution in [2.24, 2.45) is 0 Å². The topological polar surface area (TPSA) is 76.7 Å². The van der Waals surface area contributed by atoms with Crippen LogP contribution in [0.15, 0.2) is 21.3 Å². The van der Waals surface area contributed by atoms with Crippen LogP contribution in [0.3, 0.4) is 0 Å². The number of aliphatic carboxylic acids is 1. The number of carboxylic acid groups (broad SMARTS) is 1. The molecule has 0 saturated carbocycles. The third-order valence-electron chi connectivity index (χ3n) is 3.28. The molecule has 1 aromatic carbocycles. The highest BCUT2D eigenvalue weighted by molar-refractivity contribution is 5.89. The zero-order valence-electron chi connectivity index (χ0n) is 12.4. The van der Waals surface area contributed by atoms with Crippen LogP contribution in [-0.2, 0) is 11.2 Å². The Bertz CT molecular complexity index is 742. The van der Waals surface area contributed by atoms with Crippen molar-refractivity contribution in [1.82, 2.24) is 0 Å². The van der Waals surface area contributed by atoms with Crippen LogP contribution in [-0.4, -0.2) is 17.7 Å². The van der Waals surface area contributed by atoms with Crippen molar-refractivity contribution < 1.29 is 19.1 Å². The van der Waals surface area contributed by atoms with Gasteiger partial charge in [0.2, 0.25) is 0 Å². The number of hydrogen-bond acceptors (Lipinski definition) is 4. The van der Waals surface area contributed by atoms with E-state index in [4.69, 9.17) is 14.3 Å². The number of carbonyl (C=O) groups is 1. The Morgan fingerprint density at radius 3 is 2.67 bits per heavy atom. The van der Waals surface area contributed by atoms with Gasteiger partial charge in [-0.3, -0.25) is 4.79 Å². The van der Waals surface area contributed by atoms with Crippen molar-refractivity contribution in [3.63, 3.8) is 0 Å². The number of aryl methyl sites for hydroxylation is 2. The maximum Gasteiger partial charge on any atom is 0.340 e. The number of carboxylic acids is 1. The Hall–Kier alpha value is -2.30. The van der Waals surface area contributed by atoms with E-state index >= 15 is 0 Å². The fourth-order valence-electron chi connectivity index (χ4n) is 2.32. The maximum atomic E-state index is 12.0. The van der Waals surface area contributed by atoms with Crippen molar-refractivity contribution in [3.8, 4) is 5.75 Å². The summed E-state index contributed by atoms with van der Waals surface area (Å²) in [5, 5.41) is 9.60. The molecule has 2 aromatic rings. The fourth-order valence-corrected chi connectivity index (χ4v) is 2.32. The first-order chi connectivity index (χ1) is 9.93. The van der Waals surface area contributed by atoms with Gasteiger partial charge in [-0.1, -0.05) is 6.92 Å². The minimum Gasteiger partial charge on any atom is -0.493 e. The second kappa shape index (κ2) is 5.99. The van der Waals surface area contributed by atoms with Gasteiger partial charge in [-0.15, -0.1) is 0 Å². The summed E-state index contributed by atoms with van der Waals surface area (Å²) in [6.07, 6.45) is 0.498. The summed E-state index contributed by atoms with van der Waals surface area (Å²) in [4.78, 5) is 22.9. The van der Waals surface area contributed by atoms with E-state index in [1.165, 1.54) is 0 Å². The van der Waals surface area contributed by atoms with Gasteiger partial charge in [-0.2, -0.15) is 0 Å². The smallest absolute Gasteiger partial charge is 0.340 e. The third-order valence-corrected chi connectivity index (χ3v) is 3.28. The summed E-state index contributed by atoms with van der Waals surface area (Å²) >= 11 is 0. The van der Waals surface area contributed by atoms with Gasteiger partial charge in [-0.05, 0) is 43.5 Å². The molecule has 5 nitrogen and oxygen atoms in total. The number of ether oxygens (including phenoxy) is 1. The van der Waals surface area contributed by atoms with Gasteiger partial charge < -0.3 is 14.3 Å². The average Bonchev–Trinajstić information content (AvgIpc) is 2.39. The van der Waals surface area contributed by atoms with Gasteiger partial charge in [0.15, 0.2) is 0 Å². The van der Waals surface area contributed by atoms with Gasteiger partial charge in [0.25, 0.3) is 0 Å². The molecule has 0 bridgehead atoms. The molecule has 1 N–H and O–H groups in total. The van der Waals surface area contributed by atoms with Crippen LogP contribution in [0.2, 0.25) is 0 Å². The number of rotatable bonds is 5. The highest BCUT2D eigenvalue weighted by Gasteiger charge is 2.17. The molecule has 0 spiro atoms. The lowest BCUT2D eigenvalue weighted by molar-refractivity contribution is -0.136. The van der Waals surface area contributed by atoms with Crippen LogP contribution in [0.4, 0.5) is 0 Å². The van der Waals surface area contributed by atoms with Gasteiger partial charge in [0, 0.05) is 0 Å². The molecule has 2 rings (SSSR count). The van der Waals surface area contributed by atoms with Crippen LogP contribution in [0.5, 0.6) is 5.75 Å². The van der Waals surface area contributed by atoms with E-state index < -0.39 is 11.6 Å². The van der Waals surface area contributed by atoms with E-state index in [1.807, 2.05) is 19.9 Å². The molecule has 0 atom stereocenters. The zero-order chi connectivity index (χ0) is 15.6. The Morgan fingerprint density at radius 1 is 1.33 bits per heavy atom. The molecule has 5 heteroatoms. The molecule has 0 fully saturated rings. The quantitative estimate of drug-likeness (QED) is 0.857. The second-order valence-corrected chi connectivity index (χ2v) is 5.05. The number of fused-ring (bicyclic) bond motifs is 1. The monoisotopic (exact) mass is 290 g/mol. The fraction of sp³-hybridized carbons (Fsp3) is 0.375. The highest BCUT2D eigenvalue weighted by atomic mass is 16.5. The number of hydrogen-bond donors (Lipinski definition) is 1.